The van der Waals surface area contributed by atoms with Crippen LogP contribution in [0.15, 0.2) is 45.7 Å². The van der Waals surface area contributed by atoms with Gasteiger partial charge in [-0.05, 0) is 51.9 Å². The van der Waals surface area contributed by atoms with Gasteiger partial charge in [-0.1, -0.05) is 12.1 Å². The van der Waals surface area contributed by atoms with Crippen molar-refractivity contribution in [3.05, 3.63) is 69.2 Å². The van der Waals surface area contributed by atoms with Crippen molar-refractivity contribution in [3.63, 3.8) is 0 Å². The van der Waals surface area contributed by atoms with Crippen molar-refractivity contribution < 1.29 is 22.4 Å². The van der Waals surface area contributed by atoms with Crippen LogP contribution in [0.1, 0.15) is 28.9 Å². The van der Waals surface area contributed by atoms with E-state index in [1.165, 1.54) is 15.7 Å². The molecular weight excluding hydrogens is 504 g/mol. The van der Waals surface area contributed by atoms with Gasteiger partial charge in [0.1, 0.15) is 5.76 Å². The molecule has 3 aliphatic rings. The highest BCUT2D eigenvalue weighted by Crippen LogP contribution is 2.63. The molecule has 0 spiro atoms. The number of anilines is 2. The van der Waals surface area contributed by atoms with Crippen LogP contribution in [0.2, 0.25) is 0 Å². The lowest BCUT2D eigenvalue weighted by molar-refractivity contribution is 0.101. The van der Waals surface area contributed by atoms with Crippen LogP contribution in [-0.2, 0) is 19.5 Å². The Hall–Kier alpha value is -3.37. The Kier molecular flexibility index (Phi) is 5.40. The number of H-pyrrole nitrogens is 1. The molecule has 6 rings (SSSR count). The molecule has 1 aromatic heterocycles. The van der Waals surface area contributed by atoms with Crippen LogP contribution in [0.5, 0.6) is 0 Å². The van der Waals surface area contributed by atoms with Crippen LogP contribution < -0.4 is 14.2 Å². The van der Waals surface area contributed by atoms with E-state index in [9.17, 15) is 27.9 Å². The predicted octanol–water partition coefficient (Wildman–Crippen LogP) is 4.56. The fourth-order valence-electron chi connectivity index (χ4n) is 5.13. The number of nitrogens with zero attached hydrogens (tertiary/aromatic N) is 4. The van der Waals surface area contributed by atoms with Gasteiger partial charge in [-0.25, -0.2) is 8.78 Å². The van der Waals surface area contributed by atoms with Gasteiger partial charge in [-0.15, -0.1) is 0 Å². The Labute approximate surface area is 213 Å². The van der Waals surface area contributed by atoms with E-state index >= 15 is 0 Å². The number of nitriles is 1. The molecule has 194 valence electrons. The monoisotopic (exact) mass is 529 g/mol. The molecule has 3 heterocycles. The van der Waals surface area contributed by atoms with Gasteiger partial charge < -0.3 is 4.52 Å². The minimum absolute atomic E-state index is 0.151. The molecule has 3 aromatic rings. The van der Waals surface area contributed by atoms with Crippen LogP contribution >= 0.6 is 11.0 Å². The maximum absolute atomic E-state index is 13.6. The van der Waals surface area contributed by atoms with Crippen molar-refractivity contribution in [1.29, 1.82) is 5.26 Å². The van der Waals surface area contributed by atoms with Crippen molar-refractivity contribution in [2.45, 2.75) is 31.9 Å². The van der Waals surface area contributed by atoms with Crippen molar-refractivity contribution >= 4 is 22.3 Å². The second-order valence-electron chi connectivity index (χ2n) is 9.80. The number of aromatic amines is 1. The second-order valence-corrected chi connectivity index (χ2v) is 11.8. The van der Waals surface area contributed by atoms with Crippen molar-refractivity contribution in [3.8, 4) is 17.2 Å². The van der Waals surface area contributed by atoms with E-state index in [0.717, 1.165) is 12.1 Å². The Balaban J connectivity index is 1.30. The maximum atomic E-state index is 13.6. The third kappa shape index (κ3) is 3.99. The third-order valence-electron chi connectivity index (χ3n) is 7.42. The molecule has 3 N–H and O–H groups in total. The number of fused-ring (bicyclic) bond motifs is 2. The highest BCUT2D eigenvalue weighted by molar-refractivity contribution is 8.26. The SMILES string of the molecule is CN1c2cc(-c3cc(CN4CCc5o[nH]c(=O)c5C4)ccc3C#N)ccc2N(CC2CC2(F)F)S1(O)O. The van der Waals surface area contributed by atoms with Gasteiger partial charge >= 0.3 is 0 Å². The number of halogens is 2. The zero-order chi connectivity index (χ0) is 26.1. The fourth-order valence-corrected chi connectivity index (χ4v) is 6.64. The summed E-state index contributed by atoms with van der Waals surface area (Å²) in [6, 6.07) is 13.0. The number of benzene rings is 2. The molecule has 1 atom stereocenters. The van der Waals surface area contributed by atoms with Gasteiger partial charge in [0.25, 0.3) is 11.5 Å². The molecular formula is C25H25F2N5O4S. The number of aromatic nitrogens is 1. The largest absolute Gasteiger partial charge is 0.383 e. The van der Waals surface area contributed by atoms with Gasteiger partial charge in [-0.2, -0.15) is 10.4 Å². The summed E-state index contributed by atoms with van der Waals surface area (Å²) < 4.78 is 56.6. The lowest BCUT2D eigenvalue weighted by Crippen LogP contribution is -2.33. The molecule has 9 nitrogen and oxygen atoms in total. The first kappa shape index (κ1) is 24.0. The maximum Gasteiger partial charge on any atom is 0.284 e. The van der Waals surface area contributed by atoms with E-state index in [1.54, 1.807) is 24.3 Å². The molecule has 1 aliphatic carbocycles. The summed E-state index contributed by atoms with van der Waals surface area (Å²) in [5.74, 6) is -3.00. The van der Waals surface area contributed by atoms with E-state index in [0.29, 0.717) is 58.9 Å². The summed E-state index contributed by atoms with van der Waals surface area (Å²) in [6.07, 6.45) is 0.367. The quantitative estimate of drug-likeness (QED) is 0.440. The molecule has 2 aromatic carbocycles. The Morgan fingerprint density at radius 2 is 2.03 bits per heavy atom. The summed E-state index contributed by atoms with van der Waals surface area (Å²) >= 11 is 0. The zero-order valence-corrected chi connectivity index (χ0v) is 20.8. The minimum Gasteiger partial charge on any atom is -0.383 e. The van der Waals surface area contributed by atoms with Crippen LogP contribution in [0.4, 0.5) is 20.2 Å². The molecule has 0 amide bonds. The Morgan fingerprint density at radius 3 is 2.76 bits per heavy atom. The molecule has 0 radical (unpaired) electrons. The van der Waals surface area contributed by atoms with E-state index < -0.39 is 22.8 Å². The van der Waals surface area contributed by atoms with Gasteiger partial charge in [0.15, 0.2) is 0 Å². The van der Waals surface area contributed by atoms with Crippen LogP contribution in [0, 0.1) is 17.2 Å². The van der Waals surface area contributed by atoms with Gasteiger partial charge in [0.2, 0.25) is 0 Å². The van der Waals surface area contributed by atoms with Crippen LogP contribution in [0.3, 0.4) is 0 Å². The van der Waals surface area contributed by atoms with Crippen molar-refractivity contribution in [2.24, 2.45) is 5.92 Å². The first-order valence-corrected chi connectivity index (χ1v) is 13.3. The van der Waals surface area contributed by atoms with Crippen molar-refractivity contribution in [1.82, 2.24) is 10.1 Å². The van der Waals surface area contributed by atoms with Crippen LogP contribution in [0.25, 0.3) is 11.1 Å². The lowest BCUT2D eigenvalue weighted by atomic mass is 9.96. The van der Waals surface area contributed by atoms with E-state index in [-0.39, 0.29) is 18.5 Å². The Bertz CT molecular complexity index is 1500. The van der Waals surface area contributed by atoms with Gasteiger partial charge in [0.05, 0.1) is 28.6 Å². The average Bonchev–Trinajstić information content (AvgIpc) is 3.24. The van der Waals surface area contributed by atoms with E-state index in [4.69, 9.17) is 4.52 Å². The zero-order valence-electron chi connectivity index (χ0n) is 19.9. The topological polar surface area (TPSA) is 120 Å². The fraction of sp³-hybridized carbons (Fsp3) is 0.360. The smallest absolute Gasteiger partial charge is 0.284 e. The molecule has 1 fully saturated rings. The molecule has 37 heavy (non-hydrogen) atoms. The number of hydrogen-bond acceptors (Lipinski definition) is 8. The summed E-state index contributed by atoms with van der Waals surface area (Å²) in [6.45, 7) is 1.61. The van der Waals surface area contributed by atoms with Crippen LogP contribution in [-0.4, -0.2) is 45.2 Å². The molecule has 12 heteroatoms. The molecule has 0 bridgehead atoms. The standard InChI is InChI=1S/C25H25F2N5O4S/c1-30-22-9-16(4-5-21(22)32(37(30,34)35)13-18-10-25(18,26)27)19-8-15(2-3-17(19)11-28)12-31-7-6-23-20(14-31)24(33)29-36-23/h2-5,8-9,18,34-35H,6-7,10,12-14H2,1H3,(H,29,33). The first-order chi connectivity index (χ1) is 17.6. The van der Waals surface area contributed by atoms with Crippen molar-refractivity contribution in [2.75, 3.05) is 28.7 Å². The Morgan fingerprint density at radius 1 is 1.24 bits per heavy atom. The summed E-state index contributed by atoms with van der Waals surface area (Å²) in [7, 11) is -1.95. The molecule has 0 saturated heterocycles. The number of rotatable bonds is 5. The lowest BCUT2D eigenvalue weighted by Gasteiger charge is -2.42. The number of nitrogens with one attached hydrogen (secondary N) is 1. The first-order valence-electron chi connectivity index (χ1n) is 11.8. The highest BCUT2D eigenvalue weighted by Gasteiger charge is 2.59. The number of hydrogen-bond donors (Lipinski definition) is 3. The molecule has 2 aliphatic heterocycles. The van der Waals surface area contributed by atoms with Gasteiger partial charge in [0, 0.05) is 52.0 Å². The number of alkyl halides is 2. The van der Waals surface area contributed by atoms with Gasteiger partial charge in [-0.3, -0.25) is 27.4 Å². The molecule has 1 saturated carbocycles. The summed E-state index contributed by atoms with van der Waals surface area (Å²) in [5, 5.41) is 12.1. The highest BCUT2D eigenvalue weighted by atomic mass is 32.3. The second kappa shape index (κ2) is 8.32. The summed E-state index contributed by atoms with van der Waals surface area (Å²) in [4.78, 5) is 14.1. The molecule has 1 unspecified atom stereocenters. The normalized spacial score (nSPS) is 22.3. The average molecular weight is 530 g/mol. The van der Waals surface area contributed by atoms with E-state index in [1.807, 2.05) is 12.1 Å². The third-order valence-corrected chi connectivity index (χ3v) is 9.29. The minimum atomic E-state index is -3.47. The van der Waals surface area contributed by atoms with E-state index in [2.05, 4.69) is 16.1 Å². The predicted molar refractivity (Wildman–Crippen MR) is 135 cm³/mol. The summed E-state index contributed by atoms with van der Waals surface area (Å²) in [5.41, 5.74) is 4.17.